The molecule has 5 heteroatoms. The van der Waals surface area contributed by atoms with Gasteiger partial charge in [-0.2, -0.15) is 0 Å². The lowest BCUT2D eigenvalue weighted by molar-refractivity contribution is -0.162. The summed E-state index contributed by atoms with van der Waals surface area (Å²) in [6.07, 6.45) is 4.26. The highest BCUT2D eigenvalue weighted by Crippen LogP contribution is 2.36. The van der Waals surface area contributed by atoms with Gasteiger partial charge in [0.25, 0.3) is 0 Å². The van der Waals surface area contributed by atoms with Crippen molar-refractivity contribution < 1.29 is 19.0 Å². The third kappa shape index (κ3) is 5.86. The SMILES string of the molecule is Cc1ccccc1CC(=O)N1CCC2(CC1)CC(OCCOc1ccccc1)CCO2. The molecule has 0 radical (unpaired) electrons. The zero-order valence-electron chi connectivity index (χ0n) is 18.4. The number of nitrogens with zero attached hydrogens (tertiary/aromatic N) is 1. The Hall–Kier alpha value is -2.37. The molecule has 0 saturated carbocycles. The molecule has 2 aromatic rings. The van der Waals surface area contributed by atoms with Crippen molar-refractivity contribution in [3.63, 3.8) is 0 Å². The van der Waals surface area contributed by atoms with Crippen LogP contribution >= 0.6 is 0 Å². The molecule has 1 atom stereocenters. The number of hydrogen-bond donors (Lipinski definition) is 0. The Kier molecular flexibility index (Phi) is 7.25. The topological polar surface area (TPSA) is 48.0 Å². The second-order valence-corrected chi connectivity index (χ2v) is 8.66. The van der Waals surface area contributed by atoms with E-state index in [0.29, 0.717) is 19.6 Å². The predicted molar refractivity (Wildman–Crippen MR) is 120 cm³/mol. The van der Waals surface area contributed by atoms with E-state index in [4.69, 9.17) is 14.2 Å². The van der Waals surface area contributed by atoms with Gasteiger partial charge in [0.2, 0.25) is 5.91 Å². The van der Waals surface area contributed by atoms with Crippen molar-refractivity contribution in [2.24, 2.45) is 0 Å². The molecule has 1 spiro atoms. The van der Waals surface area contributed by atoms with Crippen LogP contribution in [0.15, 0.2) is 54.6 Å². The van der Waals surface area contributed by atoms with E-state index in [9.17, 15) is 4.79 Å². The molecule has 5 nitrogen and oxygen atoms in total. The van der Waals surface area contributed by atoms with Crippen molar-refractivity contribution in [2.45, 2.75) is 50.7 Å². The quantitative estimate of drug-likeness (QED) is 0.627. The van der Waals surface area contributed by atoms with Crippen LogP contribution in [0.4, 0.5) is 0 Å². The zero-order chi connectivity index (χ0) is 21.5. The average Bonchev–Trinajstić information content (AvgIpc) is 2.80. The van der Waals surface area contributed by atoms with Gasteiger partial charge in [-0.05, 0) is 49.4 Å². The van der Waals surface area contributed by atoms with Crippen LogP contribution in [-0.2, 0) is 20.7 Å². The number of piperidine rings is 1. The first-order valence-electron chi connectivity index (χ1n) is 11.4. The van der Waals surface area contributed by atoms with E-state index in [1.54, 1.807) is 0 Å². The van der Waals surface area contributed by atoms with Crippen molar-refractivity contribution in [2.75, 3.05) is 32.9 Å². The van der Waals surface area contributed by atoms with Gasteiger partial charge in [-0.15, -0.1) is 0 Å². The number of carbonyl (C=O) groups excluding carboxylic acids is 1. The standard InChI is InChI=1S/C26H33NO4/c1-21-7-5-6-8-22(21)19-25(28)27-14-12-26(13-15-27)20-24(11-16-31-26)30-18-17-29-23-9-3-2-4-10-23/h2-10,24H,11-20H2,1H3. The van der Waals surface area contributed by atoms with Gasteiger partial charge in [0.15, 0.2) is 0 Å². The first-order chi connectivity index (χ1) is 15.1. The van der Waals surface area contributed by atoms with Crippen LogP contribution in [0, 0.1) is 6.92 Å². The van der Waals surface area contributed by atoms with E-state index in [-0.39, 0.29) is 17.6 Å². The minimum atomic E-state index is -0.150. The van der Waals surface area contributed by atoms with E-state index < -0.39 is 0 Å². The lowest BCUT2D eigenvalue weighted by atomic mass is 9.83. The normalized spacial score (nSPS) is 20.5. The molecule has 166 valence electrons. The summed E-state index contributed by atoms with van der Waals surface area (Å²) >= 11 is 0. The maximum absolute atomic E-state index is 12.8. The van der Waals surface area contributed by atoms with Crippen molar-refractivity contribution in [3.8, 4) is 5.75 Å². The maximum atomic E-state index is 12.8. The minimum Gasteiger partial charge on any atom is -0.491 e. The van der Waals surface area contributed by atoms with Gasteiger partial charge < -0.3 is 19.1 Å². The fraction of sp³-hybridized carbons (Fsp3) is 0.500. The Labute approximate surface area is 185 Å². The summed E-state index contributed by atoms with van der Waals surface area (Å²) in [7, 11) is 0. The summed E-state index contributed by atoms with van der Waals surface area (Å²) in [5.74, 6) is 1.09. The number of hydrogen-bond acceptors (Lipinski definition) is 4. The Morgan fingerprint density at radius 1 is 1.06 bits per heavy atom. The number of para-hydroxylation sites is 1. The number of benzene rings is 2. The second kappa shape index (κ2) is 10.3. The number of carbonyl (C=O) groups is 1. The Bertz CT molecular complexity index is 845. The largest absolute Gasteiger partial charge is 0.491 e. The lowest BCUT2D eigenvalue weighted by Crippen LogP contribution is -2.52. The highest BCUT2D eigenvalue weighted by Gasteiger charge is 2.41. The van der Waals surface area contributed by atoms with Gasteiger partial charge in [-0.25, -0.2) is 0 Å². The molecule has 4 rings (SSSR count). The summed E-state index contributed by atoms with van der Waals surface area (Å²) in [5.41, 5.74) is 2.15. The fourth-order valence-corrected chi connectivity index (χ4v) is 4.61. The Morgan fingerprint density at radius 2 is 1.81 bits per heavy atom. The van der Waals surface area contributed by atoms with E-state index in [0.717, 1.165) is 56.7 Å². The summed E-state index contributed by atoms with van der Waals surface area (Å²) in [4.78, 5) is 14.8. The Balaban J connectivity index is 1.21. The van der Waals surface area contributed by atoms with E-state index in [2.05, 4.69) is 13.0 Å². The van der Waals surface area contributed by atoms with Crippen molar-refractivity contribution in [3.05, 3.63) is 65.7 Å². The smallest absolute Gasteiger partial charge is 0.227 e. The molecule has 2 aromatic carbocycles. The molecule has 31 heavy (non-hydrogen) atoms. The fourth-order valence-electron chi connectivity index (χ4n) is 4.61. The van der Waals surface area contributed by atoms with Crippen LogP contribution in [0.2, 0.25) is 0 Å². The molecule has 2 heterocycles. The zero-order valence-corrected chi connectivity index (χ0v) is 18.4. The van der Waals surface area contributed by atoms with Crippen molar-refractivity contribution in [1.82, 2.24) is 4.90 Å². The lowest BCUT2D eigenvalue weighted by Gasteiger charge is -2.46. The third-order valence-electron chi connectivity index (χ3n) is 6.53. The molecule has 2 aliphatic heterocycles. The van der Waals surface area contributed by atoms with Crippen LogP contribution in [-0.4, -0.2) is 55.4 Å². The maximum Gasteiger partial charge on any atom is 0.227 e. The van der Waals surface area contributed by atoms with E-state index in [1.807, 2.05) is 53.4 Å². The van der Waals surface area contributed by atoms with Crippen LogP contribution in [0.25, 0.3) is 0 Å². The third-order valence-corrected chi connectivity index (χ3v) is 6.53. The van der Waals surface area contributed by atoms with Gasteiger partial charge in [-0.3, -0.25) is 4.79 Å². The van der Waals surface area contributed by atoms with Crippen molar-refractivity contribution in [1.29, 1.82) is 0 Å². The summed E-state index contributed by atoms with van der Waals surface area (Å²) in [6, 6.07) is 18.0. The molecule has 0 N–H and O–H groups in total. The van der Waals surface area contributed by atoms with Crippen LogP contribution < -0.4 is 4.74 Å². The van der Waals surface area contributed by atoms with Gasteiger partial charge >= 0.3 is 0 Å². The number of ether oxygens (including phenoxy) is 3. The van der Waals surface area contributed by atoms with Crippen LogP contribution in [0.3, 0.4) is 0 Å². The second-order valence-electron chi connectivity index (χ2n) is 8.66. The number of aryl methyl sites for hydroxylation is 1. The molecule has 0 aliphatic carbocycles. The summed E-state index contributed by atoms with van der Waals surface area (Å²) in [6.45, 7) is 5.44. The van der Waals surface area contributed by atoms with Gasteiger partial charge in [0.05, 0.1) is 24.7 Å². The van der Waals surface area contributed by atoms with Gasteiger partial charge in [0.1, 0.15) is 12.4 Å². The molecule has 1 amide bonds. The number of amides is 1. The minimum absolute atomic E-state index is 0.150. The molecule has 0 aromatic heterocycles. The van der Waals surface area contributed by atoms with Crippen molar-refractivity contribution >= 4 is 5.91 Å². The highest BCUT2D eigenvalue weighted by atomic mass is 16.5. The van der Waals surface area contributed by atoms with Crippen LogP contribution in [0.5, 0.6) is 5.75 Å². The average molecular weight is 424 g/mol. The first kappa shape index (κ1) is 21.8. The predicted octanol–water partition coefficient (Wildman–Crippen LogP) is 4.17. The number of likely N-dealkylation sites (tertiary alicyclic amines) is 1. The van der Waals surface area contributed by atoms with E-state index >= 15 is 0 Å². The first-order valence-corrected chi connectivity index (χ1v) is 11.4. The molecule has 2 aliphatic rings. The van der Waals surface area contributed by atoms with E-state index in [1.165, 1.54) is 5.56 Å². The molecule has 2 saturated heterocycles. The molecular weight excluding hydrogens is 390 g/mol. The Morgan fingerprint density at radius 3 is 2.58 bits per heavy atom. The molecule has 0 bridgehead atoms. The molecule has 2 fully saturated rings. The van der Waals surface area contributed by atoms with Crippen LogP contribution in [0.1, 0.15) is 36.8 Å². The highest BCUT2D eigenvalue weighted by molar-refractivity contribution is 5.79. The molecule has 1 unspecified atom stereocenters. The summed E-state index contributed by atoms with van der Waals surface area (Å²) < 4.78 is 18.1. The summed E-state index contributed by atoms with van der Waals surface area (Å²) in [5, 5.41) is 0. The monoisotopic (exact) mass is 423 g/mol. The number of rotatable bonds is 7. The molecular formula is C26H33NO4. The van der Waals surface area contributed by atoms with Gasteiger partial charge in [-0.1, -0.05) is 42.5 Å². The van der Waals surface area contributed by atoms with Gasteiger partial charge in [0, 0.05) is 26.1 Å².